The summed E-state index contributed by atoms with van der Waals surface area (Å²) < 4.78 is 71.0. The summed E-state index contributed by atoms with van der Waals surface area (Å²) in [5.41, 5.74) is -0.915. The number of fused-ring (bicyclic) bond motifs is 1. The summed E-state index contributed by atoms with van der Waals surface area (Å²) in [6.07, 6.45) is -5.81. The Bertz CT molecular complexity index is 1030. The fourth-order valence-corrected chi connectivity index (χ4v) is 3.84. The molecule has 2 aromatic rings. The minimum Gasteiger partial charge on any atom is -0.457 e. The number of halogens is 3. The van der Waals surface area contributed by atoms with Gasteiger partial charge in [0.25, 0.3) is 0 Å². The summed E-state index contributed by atoms with van der Waals surface area (Å²) in [6.45, 7) is 0. The van der Waals surface area contributed by atoms with Crippen LogP contribution in [-0.4, -0.2) is 26.0 Å². The second kappa shape index (κ2) is 6.30. The van der Waals surface area contributed by atoms with Crippen molar-refractivity contribution < 1.29 is 31.4 Å². The van der Waals surface area contributed by atoms with E-state index in [0.717, 1.165) is 30.5 Å². The number of aliphatic hydroxyl groups excluding tert-OH is 1. The van der Waals surface area contributed by atoms with Crippen molar-refractivity contribution >= 4 is 9.84 Å². The zero-order valence-corrected chi connectivity index (χ0v) is 14.1. The number of ether oxygens (including phenoxy) is 1. The van der Waals surface area contributed by atoms with Crippen molar-refractivity contribution in [3.8, 4) is 17.6 Å². The van der Waals surface area contributed by atoms with Crippen molar-refractivity contribution in [1.29, 1.82) is 5.26 Å². The van der Waals surface area contributed by atoms with Gasteiger partial charge in [-0.3, -0.25) is 0 Å². The number of benzene rings is 2. The monoisotopic (exact) mass is 383 g/mol. The smallest absolute Gasteiger partial charge is 0.175 e. The maximum atomic E-state index is 14.4. The van der Waals surface area contributed by atoms with Crippen LogP contribution in [0.3, 0.4) is 0 Å². The summed E-state index contributed by atoms with van der Waals surface area (Å²) in [6, 6.07) is 6.96. The van der Waals surface area contributed by atoms with Crippen LogP contribution in [0.25, 0.3) is 0 Å². The standard InChI is InChI=1S/C17H12F3NO4S/c1-26(23,24)12-3-2-11(13-14(12)17(22)16(20)15(13)19)25-10-5-8(7-21)4-9(18)6-10/h2-6,15-17,22H,1H3/t15-,16+,17-/m0/s1. The molecule has 3 atom stereocenters. The summed E-state index contributed by atoms with van der Waals surface area (Å²) in [5.74, 6) is -1.20. The van der Waals surface area contributed by atoms with E-state index in [1.165, 1.54) is 6.07 Å². The molecule has 0 aromatic heterocycles. The summed E-state index contributed by atoms with van der Waals surface area (Å²) in [7, 11) is -3.87. The lowest BCUT2D eigenvalue weighted by Crippen LogP contribution is -2.11. The van der Waals surface area contributed by atoms with Gasteiger partial charge in [-0.05, 0) is 24.3 Å². The topological polar surface area (TPSA) is 87.4 Å². The number of rotatable bonds is 3. The number of alkyl halides is 2. The molecule has 0 saturated heterocycles. The molecule has 1 aliphatic rings. The van der Waals surface area contributed by atoms with Crippen LogP contribution in [0.1, 0.15) is 29.0 Å². The Balaban J connectivity index is 2.17. The number of hydrogen-bond acceptors (Lipinski definition) is 5. The fourth-order valence-electron chi connectivity index (χ4n) is 2.89. The van der Waals surface area contributed by atoms with Gasteiger partial charge >= 0.3 is 0 Å². The number of sulfone groups is 1. The predicted molar refractivity (Wildman–Crippen MR) is 84.4 cm³/mol. The first-order valence-corrected chi connectivity index (χ1v) is 9.24. The van der Waals surface area contributed by atoms with Crippen molar-refractivity contribution in [3.63, 3.8) is 0 Å². The molecule has 0 amide bonds. The first-order chi connectivity index (χ1) is 12.1. The zero-order valence-electron chi connectivity index (χ0n) is 13.3. The van der Waals surface area contributed by atoms with E-state index in [1.807, 2.05) is 0 Å². The lowest BCUT2D eigenvalue weighted by atomic mass is 10.1. The number of nitrogens with zero attached hydrogens (tertiary/aromatic N) is 1. The highest BCUT2D eigenvalue weighted by Gasteiger charge is 2.45. The third-order valence-electron chi connectivity index (χ3n) is 3.99. The highest BCUT2D eigenvalue weighted by molar-refractivity contribution is 7.90. The minimum atomic E-state index is -3.87. The van der Waals surface area contributed by atoms with E-state index in [2.05, 4.69) is 0 Å². The quantitative estimate of drug-likeness (QED) is 0.879. The molecule has 0 radical (unpaired) electrons. The van der Waals surface area contributed by atoms with Crippen molar-refractivity contribution in [2.24, 2.45) is 0 Å². The Hall–Kier alpha value is -2.57. The van der Waals surface area contributed by atoms with Crippen LogP contribution in [0.5, 0.6) is 11.5 Å². The molecule has 26 heavy (non-hydrogen) atoms. The Morgan fingerprint density at radius 3 is 2.50 bits per heavy atom. The van der Waals surface area contributed by atoms with Crippen molar-refractivity contribution in [1.82, 2.24) is 0 Å². The molecule has 0 spiro atoms. The molecule has 5 nitrogen and oxygen atoms in total. The van der Waals surface area contributed by atoms with Gasteiger partial charge in [-0.2, -0.15) is 5.26 Å². The molecule has 0 bridgehead atoms. The third-order valence-corrected chi connectivity index (χ3v) is 5.14. The van der Waals surface area contributed by atoms with Crippen LogP contribution in [0.2, 0.25) is 0 Å². The van der Waals surface area contributed by atoms with E-state index < -0.39 is 50.1 Å². The van der Waals surface area contributed by atoms with E-state index in [-0.39, 0.29) is 17.1 Å². The molecule has 0 fully saturated rings. The molecule has 0 saturated carbocycles. The largest absolute Gasteiger partial charge is 0.457 e. The fraction of sp³-hybridized carbons (Fsp3) is 0.235. The predicted octanol–water partition coefficient (Wildman–Crippen LogP) is 3.29. The van der Waals surface area contributed by atoms with E-state index in [1.54, 1.807) is 6.07 Å². The minimum absolute atomic E-state index is 0.0513. The molecular weight excluding hydrogens is 371 g/mol. The van der Waals surface area contributed by atoms with Crippen molar-refractivity contribution in [2.75, 3.05) is 6.26 Å². The third kappa shape index (κ3) is 3.02. The van der Waals surface area contributed by atoms with Gasteiger partial charge in [0.15, 0.2) is 22.2 Å². The average molecular weight is 383 g/mol. The summed E-state index contributed by atoms with van der Waals surface area (Å²) in [5, 5.41) is 18.8. The average Bonchev–Trinajstić information content (AvgIpc) is 2.79. The lowest BCUT2D eigenvalue weighted by molar-refractivity contribution is 0.0454. The van der Waals surface area contributed by atoms with Gasteiger partial charge in [0, 0.05) is 23.4 Å². The molecule has 9 heteroatoms. The van der Waals surface area contributed by atoms with Gasteiger partial charge < -0.3 is 9.84 Å². The summed E-state index contributed by atoms with van der Waals surface area (Å²) in [4.78, 5) is -0.410. The van der Waals surface area contributed by atoms with E-state index in [0.29, 0.717) is 0 Å². The van der Waals surface area contributed by atoms with Crippen molar-refractivity contribution in [3.05, 3.63) is 52.8 Å². The maximum absolute atomic E-state index is 14.4. The Labute approximate surface area is 147 Å². The van der Waals surface area contributed by atoms with E-state index >= 15 is 0 Å². The highest BCUT2D eigenvalue weighted by atomic mass is 32.2. The molecule has 2 aromatic carbocycles. The van der Waals surface area contributed by atoms with Crippen LogP contribution < -0.4 is 4.74 Å². The van der Waals surface area contributed by atoms with Gasteiger partial charge in [0.2, 0.25) is 0 Å². The highest BCUT2D eigenvalue weighted by Crippen LogP contribution is 2.50. The molecule has 1 aliphatic carbocycles. The maximum Gasteiger partial charge on any atom is 0.175 e. The SMILES string of the molecule is CS(=O)(=O)c1ccc(Oc2cc(F)cc(C#N)c2)c2c1[C@H](O)[C@H](F)[C@H]2F. The molecule has 0 aliphatic heterocycles. The van der Waals surface area contributed by atoms with Crippen LogP contribution in [0.4, 0.5) is 13.2 Å². The molecule has 0 unspecified atom stereocenters. The molecule has 3 rings (SSSR count). The van der Waals surface area contributed by atoms with Crippen LogP contribution in [0, 0.1) is 17.1 Å². The Kier molecular flexibility index (Phi) is 4.42. The van der Waals surface area contributed by atoms with E-state index in [4.69, 9.17) is 10.00 Å². The van der Waals surface area contributed by atoms with Gasteiger partial charge in [-0.1, -0.05) is 0 Å². The van der Waals surface area contributed by atoms with Crippen LogP contribution >= 0.6 is 0 Å². The lowest BCUT2D eigenvalue weighted by Gasteiger charge is -2.15. The molecule has 1 N–H and O–H groups in total. The second-order valence-corrected chi connectivity index (χ2v) is 7.83. The van der Waals surface area contributed by atoms with Gasteiger partial charge in [-0.25, -0.2) is 21.6 Å². The van der Waals surface area contributed by atoms with Gasteiger partial charge in [0.05, 0.1) is 16.5 Å². The number of hydrogen-bond donors (Lipinski definition) is 1. The normalized spacial score (nSPS) is 21.9. The van der Waals surface area contributed by atoms with Gasteiger partial charge in [0.1, 0.15) is 23.4 Å². The van der Waals surface area contributed by atoms with Crippen LogP contribution in [0.15, 0.2) is 35.2 Å². The first kappa shape index (κ1) is 18.2. The zero-order chi connectivity index (χ0) is 19.2. The van der Waals surface area contributed by atoms with E-state index in [9.17, 15) is 26.7 Å². The molecular formula is C17H12F3NO4S. The first-order valence-electron chi connectivity index (χ1n) is 7.35. The summed E-state index contributed by atoms with van der Waals surface area (Å²) >= 11 is 0. The second-order valence-electron chi connectivity index (χ2n) is 5.84. The number of aliphatic hydroxyl groups is 1. The molecule has 0 heterocycles. The Morgan fingerprint density at radius 2 is 1.88 bits per heavy atom. The Morgan fingerprint density at radius 1 is 1.19 bits per heavy atom. The van der Waals surface area contributed by atoms with Crippen LogP contribution in [-0.2, 0) is 9.84 Å². The van der Waals surface area contributed by atoms with Crippen molar-refractivity contribution in [2.45, 2.75) is 23.3 Å². The van der Waals surface area contributed by atoms with Gasteiger partial charge in [-0.15, -0.1) is 0 Å². The number of nitriles is 1. The molecule has 136 valence electrons.